The Balaban J connectivity index is 2.96. The molecule has 0 fully saturated rings. The maximum atomic E-state index is 12.0. The summed E-state index contributed by atoms with van der Waals surface area (Å²) in [6.07, 6.45) is -0.0338. The van der Waals surface area contributed by atoms with E-state index >= 15 is 0 Å². The van der Waals surface area contributed by atoms with Gasteiger partial charge in [-0.3, -0.25) is 9.59 Å². The van der Waals surface area contributed by atoms with Gasteiger partial charge in [0.15, 0.2) is 0 Å². The second kappa shape index (κ2) is 5.51. The fourth-order valence-corrected chi connectivity index (χ4v) is 1.72. The van der Waals surface area contributed by atoms with Crippen LogP contribution in [0.15, 0.2) is 24.3 Å². The van der Waals surface area contributed by atoms with Crippen molar-refractivity contribution in [2.24, 2.45) is 5.73 Å². The minimum atomic E-state index is -1.18. The van der Waals surface area contributed by atoms with Gasteiger partial charge in [0, 0.05) is 12.0 Å². The van der Waals surface area contributed by atoms with Crippen molar-refractivity contribution in [3.8, 4) is 0 Å². The number of benzene rings is 1. The Labute approximate surface area is 110 Å². The van der Waals surface area contributed by atoms with Crippen LogP contribution >= 0.6 is 0 Å². The zero-order valence-corrected chi connectivity index (χ0v) is 10.8. The molecule has 0 heterocycles. The van der Waals surface area contributed by atoms with E-state index in [0.29, 0.717) is 0 Å². The second-order valence-corrected chi connectivity index (χ2v) is 4.83. The molecule has 0 aromatic heterocycles. The van der Waals surface area contributed by atoms with E-state index in [1.807, 2.05) is 0 Å². The molecule has 1 rings (SSSR count). The maximum Gasteiger partial charge on any atom is 0.336 e. The van der Waals surface area contributed by atoms with E-state index in [1.54, 1.807) is 19.9 Å². The van der Waals surface area contributed by atoms with Gasteiger partial charge in [-0.05, 0) is 26.0 Å². The number of carbonyl (C=O) groups excluding carboxylic acids is 2. The SMILES string of the molecule is CC(C)(CC(N)=O)NC(=O)c1ccccc1C(=O)O. The maximum absolute atomic E-state index is 12.0. The molecule has 0 atom stereocenters. The van der Waals surface area contributed by atoms with Gasteiger partial charge < -0.3 is 16.2 Å². The molecular weight excluding hydrogens is 248 g/mol. The first-order valence-corrected chi connectivity index (χ1v) is 5.66. The second-order valence-electron chi connectivity index (χ2n) is 4.83. The third kappa shape index (κ3) is 4.09. The molecule has 0 saturated heterocycles. The molecule has 0 bridgehead atoms. The molecule has 4 N–H and O–H groups in total. The Morgan fingerprint density at radius 3 is 2.21 bits per heavy atom. The molecule has 2 amide bonds. The monoisotopic (exact) mass is 264 g/mol. The molecule has 0 aliphatic heterocycles. The fourth-order valence-electron chi connectivity index (χ4n) is 1.72. The fraction of sp³-hybridized carbons (Fsp3) is 0.308. The molecule has 19 heavy (non-hydrogen) atoms. The van der Waals surface area contributed by atoms with Crippen molar-refractivity contribution in [1.29, 1.82) is 0 Å². The Hall–Kier alpha value is -2.37. The minimum Gasteiger partial charge on any atom is -0.478 e. The molecule has 1 aromatic rings. The van der Waals surface area contributed by atoms with E-state index in [-0.39, 0.29) is 17.5 Å². The number of hydrogen-bond acceptors (Lipinski definition) is 3. The van der Waals surface area contributed by atoms with Crippen LogP contribution in [0.4, 0.5) is 0 Å². The molecule has 6 nitrogen and oxygen atoms in total. The van der Waals surface area contributed by atoms with Crippen molar-refractivity contribution in [3.05, 3.63) is 35.4 Å². The first kappa shape index (κ1) is 14.7. The lowest BCUT2D eigenvalue weighted by molar-refractivity contribution is -0.119. The molecule has 0 aliphatic rings. The van der Waals surface area contributed by atoms with Crippen LogP contribution in [0, 0.1) is 0 Å². The van der Waals surface area contributed by atoms with Gasteiger partial charge in [0.2, 0.25) is 5.91 Å². The first-order valence-electron chi connectivity index (χ1n) is 5.66. The number of nitrogens with one attached hydrogen (secondary N) is 1. The third-order valence-corrected chi connectivity index (χ3v) is 2.47. The van der Waals surface area contributed by atoms with Crippen LogP contribution in [0.5, 0.6) is 0 Å². The van der Waals surface area contributed by atoms with E-state index < -0.39 is 23.3 Å². The van der Waals surface area contributed by atoms with Crippen LogP contribution in [0.2, 0.25) is 0 Å². The highest BCUT2D eigenvalue weighted by Gasteiger charge is 2.25. The highest BCUT2D eigenvalue weighted by molar-refractivity contribution is 6.05. The molecule has 0 radical (unpaired) electrons. The molecule has 102 valence electrons. The minimum absolute atomic E-state index is 0.0338. The van der Waals surface area contributed by atoms with E-state index in [0.717, 1.165) is 0 Å². The largest absolute Gasteiger partial charge is 0.478 e. The van der Waals surface area contributed by atoms with Crippen LogP contribution < -0.4 is 11.1 Å². The molecule has 6 heteroatoms. The number of rotatable bonds is 5. The molecule has 0 saturated carbocycles. The van der Waals surface area contributed by atoms with Crippen molar-refractivity contribution >= 4 is 17.8 Å². The van der Waals surface area contributed by atoms with Gasteiger partial charge in [-0.1, -0.05) is 12.1 Å². The Morgan fingerprint density at radius 2 is 1.74 bits per heavy atom. The quantitative estimate of drug-likeness (QED) is 0.729. The number of carboxylic acid groups (broad SMARTS) is 1. The number of hydrogen-bond donors (Lipinski definition) is 3. The summed E-state index contributed by atoms with van der Waals surface area (Å²) in [5, 5.41) is 11.6. The van der Waals surface area contributed by atoms with E-state index in [1.165, 1.54) is 18.2 Å². The summed E-state index contributed by atoms with van der Waals surface area (Å²) in [5.41, 5.74) is 4.21. The number of carboxylic acids is 1. The lowest BCUT2D eigenvalue weighted by Gasteiger charge is -2.25. The first-order chi connectivity index (χ1) is 8.73. The Morgan fingerprint density at radius 1 is 1.21 bits per heavy atom. The predicted molar refractivity (Wildman–Crippen MR) is 68.8 cm³/mol. The number of primary amides is 1. The van der Waals surface area contributed by atoms with E-state index in [2.05, 4.69) is 5.32 Å². The molecule has 0 spiro atoms. The zero-order valence-electron chi connectivity index (χ0n) is 10.8. The van der Waals surface area contributed by atoms with Crippen LogP contribution in [0.3, 0.4) is 0 Å². The van der Waals surface area contributed by atoms with Gasteiger partial charge in [-0.25, -0.2) is 4.79 Å². The van der Waals surface area contributed by atoms with E-state index in [9.17, 15) is 14.4 Å². The summed E-state index contributed by atoms with van der Waals surface area (Å²) in [4.78, 5) is 33.9. The summed E-state index contributed by atoms with van der Waals surface area (Å²) >= 11 is 0. The van der Waals surface area contributed by atoms with Crippen molar-refractivity contribution in [1.82, 2.24) is 5.32 Å². The number of nitrogens with two attached hydrogens (primary N) is 1. The van der Waals surface area contributed by atoms with Crippen LogP contribution in [-0.2, 0) is 4.79 Å². The predicted octanol–water partition coefficient (Wildman–Crippen LogP) is 0.769. The lowest BCUT2D eigenvalue weighted by Crippen LogP contribution is -2.46. The average Bonchev–Trinajstić information content (AvgIpc) is 2.26. The van der Waals surface area contributed by atoms with Gasteiger partial charge >= 0.3 is 5.97 Å². The van der Waals surface area contributed by atoms with Gasteiger partial charge in [-0.15, -0.1) is 0 Å². The van der Waals surface area contributed by atoms with Crippen LogP contribution in [-0.4, -0.2) is 28.4 Å². The molecular formula is C13H16N2O4. The Kier molecular flexibility index (Phi) is 4.26. The number of aromatic carboxylic acids is 1. The van der Waals surface area contributed by atoms with Crippen molar-refractivity contribution in [2.75, 3.05) is 0 Å². The highest BCUT2D eigenvalue weighted by Crippen LogP contribution is 2.13. The standard InChI is InChI=1S/C13H16N2O4/c1-13(2,7-10(14)16)15-11(17)8-5-3-4-6-9(8)12(18)19/h3-6H,7H2,1-2H3,(H2,14,16)(H,15,17)(H,18,19). The van der Waals surface area contributed by atoms with Gasteiger partial charge in [0.1, 0.15) is 0 Å². The molecule has 1 aromatic carbocycles. The summed E-state index contributed by atoms with van der Waals surface area (Å²) in [6, 6.07) is 5.87. The third-order valence-electron chi connectivity index (χ3n) is 2.47. The summed E-state index contributed by atoms with van der Waals surface area (Å²) < 4.78 is 0. The van der Waals surface area contributed by atoms with Crippen molar-refractivity contribution in [2.45, 2.75) is 25.8 Å². The smallest absolute Gasteiger partial charge is 0.336 e. The van der Waals surface area contributed by atoms with Crippen molar-refractivity contribution < 1.29 is 19.5 Å². The highest BCUT2D eigenvalue weighted by atomic mass is 16.4. The zero-order chi connectivity index (χ0) is 14.6. The summed E-state index contributed by atoms with van der Waals surface area (Å²) in [6.45, 7) is 3.28. The van der Waals surface area contributed by atoms with Gasteiger partial charge in [0.05, 0.1) is 11.1 Å². The topological polar surface area (TPSA) is 109 Å². The summed E-state index contributed by atoms with van der Waals surface area (Å²) in [5.74, 6) is -2.28. The number of amides is 2. The number of carbonyl (C=O) groups is 3. The van der Waals surface area contributed by atoms with Crippen LogP contribution in [0.1, 0.15) is 41.0 Å². The van der Waals surface area contributed by atoms with Crippen molar-refractivity contribution in [3.63, 3.8) is 0 Å². The average molecular weight is 264 g/mol. The lowest BCUT2D eigenvalue weighted by atomic mass is 9.98. The Bertz CT molecular complexity index is 523. The molecule has 0 unspecified atom stereocenters. The molecule has 0 aliphatic carbocycles. The normalized spacial score (nSPS) is 10.8. The van der Waals surface area contributed by atoms with Gasteiger partial charge in [-0.2, -0.15) is 0 Å². The van der Waals surface area contributed by atoms with E-state index in [4.69, 9.17) is 10.8 Å². The van der Waals surface area contributed by atoms with Crippen LogP contribution in [0.25, 0.3) is 0 Å². The van der Waals surface area contributed by atoms with Gasteiger partial charge in [0.25, 0.3) is 5.91 Å². The summed E-state index contributed by atoms with van der Waals surface area (Å²) in [7, 11) is 0.